The molecule has 92 valence electrons. The molecule has 4 heteroatoms. The Morgan fingerprint density at radius 1 is 1.41 bits per heavy atom. The molecule has 4 nitrogen and oxygen atoms in total. The fourth-order valence-electron chi connectivity index (χ4n) is 2.05. The number of hydrogen-bond donors (Lipinski definition) is 1. The van der Waals surface area contributed by atoms with E-state index in [1.807, 2.05) is 30.3 Å². The summed E-state index contributed by atoms with van der Waals surface area (Å²) in [7, 11) is 0. The molecule has 1 N–H and O–H groups in total. The van der Waals surface area contributed by atoms with Gasteiger partial charge in [-0.15, -0.1) is 0 Å². The van der Waals surface area contributed by atoms with Crippen LogP contribution in [-0.4, -0.2) is 35.9 Å². The number of nitrogens with zero attached hydrogens (tertiary/aromatic N) is 1. The van der Waals surface area contributed by atoms with Crippen LogP contribution in [0, 0.1) is 5.92 Å². The van der Waals surface area contributed by atoms with Crippen molar-refractivity contribution in [3.8, 4) is 0 Å². The SMILES string of the molecule is O=C(O)N(Cc1ccccc1)C[C@@H]1CCOC1. The van der Waals surface area contributed by atoms with Crippen LogP contribution in [0.15, 0.2) is 30.3 Å². The summed E-state index contributed by atoms with van der Waals surface area (Å²) in [5.41, 5.74) is 1.02. The number of benzene rings is 1. The van der Waals surface area contributed by atoms with E-state index in [1.165, 1.54) is 4.90 Å². The van der Waals surface area contributed by atoms with Crippen LogP contribution >= 0.6 is 0 Å². The number of hydrogen-bond acceptors (Lipinski definition) is 2. The molecule has 1 fully saturated rings. The Labute approximate surface area is 101 Å². The maximum Gasteiger partial charge on any atom is 0.407 e. The van der Waals surface area contributed by atoms with Gasteiger partial charge in [-0.3, -0.25) is 0 Å². The van der Waals surface area contributed by atoms with E-state index in [2.05, 4.69) is 0 Å². The first-order valence-electron chi connectivity index (χ1n) is 5.85. The molecule has 0 saturated carbocycles. The minimum absolute atomic E-state index is 0.342. The van der Waals surface area contributed by atoms with Crippen LogP contribution in [0.2, 0.25) is 0 Å². The van der Waals surface area contributed by atoms with Gasteiger partial charge in [0.05, 0.1) is 6.61 Å². The molecule has 17 heavy (non-hydrogen) atoms. The maximum absolute atomic E-state index is 11.2. The van der Waals surface area contributed by atoms with Crippen molar-refractivity contribution in [3.63, 3.8) is 0 Å². The van der Waals surface area contributed by atoms with E-state index in [-0.39, 0.29) is 0 Å². The van der Waals surface area contributed by atoms with Gasteiger partial charge < -0.3 is 14.7 Å². The zero-order chi connectivity index (χ0) is 12.1. The number of amides is 1. The van der Waals surface area contributed by atoms with Gasteiger partial charge in [0.1, 0.15) is 0 Å². The summed E-state index contributed by atoms with van der Waals surface area (Å²) in [6.45, 7) is 2.44. The lowest BCUT2D eigenvalue weighted by molar-refractivity contribution is 0.127. The lowest BCUT2D eigenvalue weighted by Gasteiger charge is -2.22. The van der Waals surface area contributed by atoms with Crippen molar-refractivity contribution < 1.29 is 14.6 Å². The standard InChI is InChI=1S/C13H17NO3/c15-13(16)14(9-12-6-7-17-10-12)8-11-4-2-1-3-5-11/h1-5,12H,6-10H2,(H,15,16)/t12-/m0/s1. The van der Waals surface area contributed by atoms with Crippen LogP contribution in [0.4, 0.5) is 4.79 Å². The molecule has 1 aromatic rings. The van der Waals surface area contributed by atoms with Crippen molar-refractivity contribution in [2.45, 2.75) is 13.0 Å². The van der Waals surface area contributed by atoms with Crippen LogP contribution in [0.3, 0.4) is 0 Å². The van der Waals surface area contributed by atoms with Gasteiger partial charge in [-0.25, -0.2) is 4.79 Å². The highest BCUT2D eigenvalue weighted by atomic mass is 16.5. The minimum atomic E-state index is -0.860. The van der Waals surface area contributed by atoms with Crippen LogP contribution in [0.5, 0.6) is 0 Å². The zero-order valence-corrected chi connectivity index (χ0v) is 9.71. The van der Waals surface area contributed by atoms with Gasteiger partial charge in [-0.2, -0.15) is 0 Å². The third kappa shape index (κ3) is 3.46. The molecule has 0 aliphatic carbocycles. The molecule has 1 amide bonds. The lowest BCUT2D eigenvalue weighted by Crippen LogP contribution is -2.33. The number of carbonyl (C=O) groups is 1. The van der Waals surface area contributed by atoms with E-state index in [9.17, 15) is 9.90 Å². The molecule has 1 aliphatic heterocycles. The zero-order valence-electron chi connectivity index (χ0n) is 9.71. The first-order chi connectivity index (χ1) is 8.25. The van der Waals surface area contributed by atoms with Crippen molar-refractivity contribution in [2.24, 2.45) is 5.92 Å². The molecule has 0 unspecified atom stereocenters. The fraction of sp³-hybridized carbons (Fsp3) is 0.462. The third-order valence-electron chi connectivity index (χ3n) is 2.99. The molecule has 1 aromatic carbocycles. The van der Waals surface area contributed by atoms with Crippen LogP contribution in [0.1, 0.15) is 12.0 Å². The van der Waals surface area contributed by atoms with Gasteiger partial charge in [-0.1, -0.05) is 30.3 Å². The Hall–Kier alpha value is -1.55. The van der Waals surface area contributed by atoms with Crippen molar-refractivity contribution in [3.05, 3.63) is 35.9 Å². The molecular weight excluding hydrogens is 218 g/mol. The normalized spacial score (nSPS) is 19.2. The van der Waals surface area contributed by atoms with E-state index in [1.54, 1.807) is 0 Å². The second-order valence-electron chi connectivity index (χ2n) is 4.38. The molecule has 0 spiro atoms. The van der Waals surface area contributed by atoms with Crippen LogP contribution in [0.25, 0.3) is 0 Å². The highest BCUT2D eigenvalue weighted by Gasteiger charge is 2.22. The first kappa shape index (κ1) is 11.9. The highest BCUT2D eigenvalue weighted by Crippen LogP contribution is 2.15. The van der Waals surface area contributed by atoms with Crippen molar-refractivity contribution in [1.82, 2.24) is 4.90 Å². The molecular formula is C13H17NO3. The van der Waals surface area contributed by atoms with E-state index < -0.39 is 6.09 Å². The van der Waals surface area contributed by atoms with Gasteiger partial charge in [0.25, 0.3) is 0 Å². The average Bonchev–Trinajstić information content (AvgIpc) is 2.82. The van der Waals surface area contributed by atoms with Gasteiger partial charge in [-0.05, 0) is 12.0 Å². The van der Waals surface area contributed by atoms with Crippen LogP contribution < -0.4 is 0 Å². The number of ether oxygens (including phenoxy) is 1. The van der Waals surface area contributed by atoms with Gasteiger partial charge >= 0.3 is 6.09 Å². The van der Waals surface area contributed by atoms with E-state index in [0.717, 1.165) is 18.6 Å². The molecule has 0 radical (unpaired) electrons. The Morgan fingerprint density at radius 3 is 2.76 bits per heavy atom. The Morgan fingerprint density at radius 2 is 2.18 bits per heavy atom. The smallest absolute Gasteiger partial charge is 0.407 e. The molecule has 2 rings (SSSR count). The lowest BCUT2D eigenvalue weighted by atomic mass is 10.1. The summed E-state index contributed by atoms with van der Waals surface area (Å²) < 4.78 is 5.27. The first-order valence-corrected chi connectivity index (χ1v) is 5.85. The highest BCUT2D eigenvalue weighted by molar-refractivity contribution is 5.65. The molecule has 0 bridgehead atoms. The molecule has 1 saturated heterocycles. The quantitative estimate of drug-likeness (QED) is 0.870. The largest absolute Gasteiger partial charge is 0.465 e. The van der Waals surface area contributed by atoms with E-state index >= 15 is 0 Å². The van der Waals surface area contributed by atoms with Crippen molar-refractivity contribution in [2.75, 3.05) is 19.8 Å². The molecule has 1 atom stereocenters. The van der Waals surface area contributed by atoms with E-state index in [0.29, 0.717) is 25.6 Å². The number of carboxylic acid groups (broad SMARTS) is 1. The second-order valence-corrected chi connectivity index (χ2v) is 4.38. The minimum Gasteiger partial charge on any atom is -0.465 e. The van der Waals surface area contributed by atoms with Gasteiger partial charge in [0.15, 0.2) is 0 Å². The summed E-state index contributed by atoms with van der Waals surface area (Å²) in [5, 5.41) is 9.18. The van der Waals surface area contributed by atoms with Crippen molar-refractivity contribution in [1.29, 1.82) is 0 Å². The molecule has 1 heterocycles. The maximum atomic E-state index is 11.2. The van der Waals surface area contributed by atoms with E-state index in [4.69, 9.17) is 4.74 Å². The summed E-state index contributed by atoms with van der Waals surface area (Å²) in [6, 6.07) is 9.67. The fourth-order valence-corrected chi connectivity index (χ4v) is 2.05. The summed E-state index contributed by atoms with van der Waals surface area (Å²) in [6.07, 6.45) is 0.0965. The molecule has 1 aliphatic rings. The summed E-state index contributed by atoms with van der Waals surface area (Å²) in [4.78, 5) is 12.6. The Bertz CT molecular complexity index is 360. The predicted octanol–water partition coefficient (Wildman–Crippen LogP) is 2.20. The average molecular weight is 235 g/mol. The Kier molecular flexibility index (Phi) is 3.98. The Balaban J connectivity index is 1.95. The second kappa shape index (κ2) is 5.68. The summed E-state index contributed by atoms with van der Waals surface area (Å²) in [5.74, 6) is 0.342. The topological polar surface area (TPSA) is 49.8 Å². The molecule has 0 aromatic heterocycles. The number of rotatable bonds is 4. The summed E-state index contributed by atoms with van der Waals surface area (Å²) >= 11 is 0. The van der Waals surface area contributed by atoms with Crippen LogP contribution in [-0.2, 0) is 11.3 Å². The van der Waals surface area contributed by atoms with Gasteiger partial charge in [0.2, 0.25) is 0 Å². The third-order valence-corrected chi connectivity index (χ3v) is 2.99. The predicted molar refractivity (Wildman–Crippen MR) is 63.8 cm³/mol. The van der Waals surface area contributed by atoms with Crippen molar-refractivity contribution >= 4 is 6.09 Å². The monoisotopic (exact) mass is 235 g/mol. The van der Waals surface area contributed by atoms with Gasteiger partial charge in [0, 0.05) is 25.6 Å².